The molecule has 49 heavy (non-hydrogen) atoms. The standard InChI is InChI=1S/C33H46F4N4O5S3/c1-2-3-4-5-6-7-8-9-10-11-12-13-18-32(30(42)39-20-22-49(38,45)46,48(43,44)21-19-33(35,36)37)31-41-27-16-14-25(23-28(27)47-31)26-15-17-29(34)40-24-26/h14-17,23-24H,2-13,18-22H2,1H3,(H,39,42)(H2,38,45,46). The zero-order valence-corrected chi connectivity index (χ0v) is 30.2. The van der Waals surface area contributed by atoms with Crippen molar-refractivity contribution >= 4 is 47.3 Å². The summed E-state index contributed by atoms with van der Waals surface area (Å²) < 4.78 is 103. The topological polar surface area (TPSA) is 149 Å². The number of carbonyl (C=O) groups is 1. The summed E-state index contributed by atoms with van der Waals surface area (Å²) in [5.41, 5.74) is 1.46. The first-order valence-corrected chi connectivity index (χ1v) is 20.9. The molecular weight excluding hydrogens is 705 g/mol. The summed E-state index contributed by atoms with van der Waals surface area (Å²) in [5, 5.41) is 7.18. The number of thiazole rings is 1. The monoisotopic (exact) mass is 750 g/mol. The number of aromatic nitrogens is 2. The minimum absolute atomic E-state index is 0.202. The lowest BCUT2D eigenvalue weighted by Crippen LogP contribution is -2.52. The first-order valence-electron chi connectivity index (χ1n) is 16.7. The average Bonchev–Trinajstić information content (AvgIpc) is 3.45. The predicted molar refractivity (Wildman–Crippen MR) is 186 cm³/mol. The van der Waals surface area contributed by atoms with Crippen molar-refractivity contribution in [1.82, 2.24) is 15.3 Å². The van der Waals surface area contributed by atoms with Gasteiger partial charge in [-0.2, -0.15) is 17.6 Å². The van der Waals surface area contributed by atoms with Gasteiger partial charge in [-0.15, -0.1) is 11.3 Å². The van der Waals surface area contributed by atoms with Crippen LogP contribution < -0.4 is 10.5 Å². The second-order valence-corrected chi connectivity index (χ2v) is 17.4. The fraction of sp³-hybridized carbons (Fsp3) is 0.606. The van der Waals surface area contributed by atoms with Gasteiger partial charge in [-0.1, -0.05) is 90.0 Å². The van der Waals surface area contributed by atoms with Gasteiger partial charge in [0.05, 0.1) is 28.1 Å². The van der Waals surface area contributed by atoms with E-state index in [1.807, 2.05) is 0 Å². The third kappa shape index (κ3) is 12.5. The molecule has 0 aliphatic carbocycles. The van der Waals surface area contributed by atoms with Crippen LogP contribution in [0.3, 0.4) is 0 Å². The average molecular weight is 751 g/mol. The second-order valence-electron chi connectivity index (χ2n) is 12.3. The zero-order valence-electron chi connectivity index (χ0n) is 27.7. The lowest BCUT2D eigenvalue weighted by Gasteiger charge is -2.30. The van der Waals surface area contributed by atoms with Crippen LogP contribution in [0.5, 0.6) is 0 Å². The van der Waals surface area contributed by atoms with Crippen LogP contribution in [0, 0.1) is 5.95 Å². The first kappa shape index (κ1) is 40.7. The maximum atomic E-state index is 14.0. The Morgan fingerprint density at radius 2 is 1.43 bits per heavy atom. The maximum absolute atomic E-state index is 14.0. The molecule has 1 amide bonds. The molecule has 0 fully saturated rings. The zero-order chi connectivity index (χ0) is 36.1. The molecule has 274 valence electrons. The van der Waals surface area contributed by atoms with E-state index < -0.39 is 67.1 Å². The molecule has 3 N–H and O–H groups in total. The molecule has 0 aliphatic rings. The molecular formula is C33H46F4N4O5S3. The van der Waals surface area contributed by atoms with Crippen LogP contribution in [0.4, 0.5) is 17.6 Å². The number of nitrogens with two attached hydrogens (primary N) is 1. The van der Waals surface area contributed by atoms with E-state index in [0.29, 0.717) is 27.8 Å². The Kier molecular flexibility index (Phi) is 15.4. The van der Waals surface area contributed by atoms with E-state index in [4.69, 9.17) is 5.14 Å². The largest absolute Gasteiger partial charge is 0.390 e. The maximum Gasteiger partial charge on any atom is 0.390 e. The Hall–Kier alpha value is -2.69. The number of amides is 1. The second kappa shape index (κ2) is 18.5. The van der Waals surface area contributed by atoms with Crippen molar-refractivity contribution in [1.29, 1.82) is 0 Å². The minimum atomic E-state index is -4.88. The molecule has 1 unspecified atom stereocenters. The number of alkyl halides is 3. The molecule has 0 bridgehead atoms. The Balaban J connectivity index is 1.92. The Bertz CT molecular complexity index is 1720. The van der Waals surface area contributed by atoms with Crippen molar-refractivity contribution in [3.8, 4) is 11.1 Å². The lowest BCUT2D eigenvalue weighted by molar-refractivity contribution is -0.130. The first-order chi connectivity index (χ1) is 23.1. The molecule has 2 heterocycles. The Morgan fingerprint density at radius 1 is 0.837 bits per heavy atom. The van der Waals surface area contributed by atoms with Gasteiger partial charge in [0.1, 0.15) is 5.01 Å². The fourth-order valence-electron chi connectivity index (χ4n) is 5.66. The number of unbranched alkanes of at least 4 members (excludes halogenated alkanes) is 11. The third-order valence-corrected chi connectivity index (χ3v) is 12.9. The molecule has 2 aromatic heterocycles. The van der Waals surface area contributed by atoms with Gasteiger partial charge in [0.15, 0.2) is 9.84 Å². The van der Waals surface area contributed by atoms with Crippen molar-refractivity contribution in [3.05, 3.63) is 47.5 Å². The number of fused-ring (bicyclic) bond motifs is 1. The summed E-state index contributed by atoms with van der Waals surface area (Å²) in [7, 11) is -8.93. The van der Waals surface area contributed by atoms with E-state index in [-0.39, 0.29) is 17.8 Å². The van der Waals surface area contributed by atoms with Crippen LogP contribution in [0.15, 0.2) is 36.5 Å². The number of hydrogen-bond donors (Lipinski definition) is 2. The van der Waals surface area contributed by atoms with E-state index in [9.17, 15) is 39.2 Å². The summed E-state index contributed by atoms with van der Waals surface area (Å²) in [4.78, 5) is 22.1. The molecule has 3 rings (SSSR count). The van der Waals surface area contributed by atoms with Gasteiger partial charge in [-0.3, -0.25) is 4.79 Å². The number of hydrogen-bond acceptors (Lipinski definition) is 8. The van der Waals surface area contributed by atoms with Crippen molar-refractivity contribution in [3.63, 3.8) is 0 Å². The van der Waals surface area contributed by atoms with E-state index in [2.05, 4.69) is 22.2 Å². The van der Waals surface area contributed by atoms with Gasteiger partial charge in [0.25, 0.3) is 0 Å². The van der Waals surface area contributed by atoms with Crippen molar-refractivity contribution < 1.29 is 39.2 Å². The fourth-order valence-corrected chi connectivity index (χ4v) is 9.64. The van der Waals surface area contributed by atoms with Crippen LogP contribution in [-0.2, 0) is 29.4 Å². The molecule has 0 spiro atoms. The summed E-state index contributed by atoms with van der Waals surface area (Å²) in [5.74, 6) is -3.89. The Labute approximate surface area is 290 Å². The molecule has 0 aliphatic heterocycles. The minimum Gasteiger partial charge on any atom is -0.353 e. The van der Waals surface area contributed by atoms with Crippen molar-refractivity contribution in [2.75, 3.05) is 18.1 Å². The van der Waals surface area contributed by atoms with E-state index in [1.165, 1.54) is 50.4 Å². The molecule has 0 radical (unpaired) electrons. The number of rotatable bonds is 22. The number of benzene rings is 1. The summed E-state index contributed by atoms with van der Waals surface area (Å²) in [6, 6.07) is 7.56. The SMILES string of the molecule is CCCCCCCCCCCCCCC(C(=O)NCCS(N)(=O)=O)(c1nc2ccc(-c3ccc(F)nc3)cc2s1)S(=O)(=O)CCC(F)(F)F. The van der Waals surface area contributed by atoms with Gasteiger partial charge in [-0.25, -0.2) is 31.9 Å². The van der Waals surface area contributed by atoms with Crippen molar-refractivity contribution in [2.24, 2.45) is 5.14 Å². The van der Waals surface area contributed by atoms with Crippen LogP contribution in [0.2, 0.25) is 0 Å². The number of primary sulfonamides is 1. The quantitative estimate of drug-likeness (QED) is 0.0612. The van der Waals surface area contributed by atoms with Crippen molar-refractivity contribution in [2.45, 2.75) is 108 Å². The van der Waals surface area contributed by atoms with Crippen LogP contribution in [0.25, 0.3) is 21.3 Å². The van der Waals surface area contributed by atoms with E-state index >= 15 is 0 Å². The van der Waals surface area contributed by atoms with Crippen LogP contribution in [0.1, 0.15) is 102 Å². The molecule has 0 saturated carbocycles. The molecule has 1 aromatic carbocycles. The van der Waals surface area contributed by atoms with Gasteiger partial charge < -0.3 is 5.32 Å². The molecule has 1 atom stereocenters. The van der Waals surface area contributed by atoms with E-state index in [0.717, 1.165) is 43.4 Å². The number of carbonyl (C=O) groups excluding carboxylic acids is 1. The van der Waals surface area contributed by atoms with Gasteiger partial charge >= 0.3 is 6.18 Å². The smallest absolute Gasteiger partial charge is 0.353 e. The summed E-state index contributed by atoms with van der Waals surface area (Å²) >= 11 is 0.858. The highest BCUT2D eigenvalue weighted by atomic mass is 32.2. The number of halogens is 4. The highest BCUT2D eigenvalue weighted by Crippen LogP contribution is 2.43. The summed E-state index contributed by atoms with van der Waals surface area (Å²) in [6.45, 7) is 1.63. The number of sulfonamides is 1. The number of sulfone groups is 1. The van der Waals surface area contributed by atoms with E-state index in [1.54, 1.807) is 18.2 Å². The summed E-state index contributed by atoms with van der Waals surface area (Å²) in [6.07, 6.45) is 6.14. The van der Waals surface area contributed by atoms with Gasteiger partial charge in [0, 0.05) is 18.3 Å². The third-order valence-electron chi connectivity index (χ3n) is 8.40. The number of nitrogens with one attached hydrogen (secondary N) is 1. The molecule has 0 saturated heterocycles. The predicted octanol–water partition coefficient (Wildman–Crippen LogP) is 7.56. The highest BCUT2D eigenvalue weighted by molar-refractivity contribution is 7.93. The lowest BCUT2D eigenvalue weighted by atomic mass is 9.98. The van der Waals surface area contributed by atoms with Crippen LogP contribution in [-0.4, -0.2) is 56.9 Å². The number of nitrogens with zero attached hydrogens (tertiary/aromatic N) is 2. The van der Waals surface area contributed by atoms with Crippen LogP contribution >= 0.6 is 11.3 Å². The Morgan fingerprint density at radius 3 is 1.98 bits per heavy atom. The van der Waals surface area contributed by atoms with Gasteiger partial charge in [-0.05, 0) is 36.2 Å². The highest BCUT2D eigenvalue weighted by Gasteiger charge is 2.54. The normalized spacial score (nSPS) is 13.8. The molecule has 3 aromatic rings. The molecule has 16 heteroatoms. The molecule has 9 nitrogen and oxygen atoms in total. The number of pyridine rings is 1. The van der Waals surface area contributed by atoms with Gasteiger partial charge in [0.2, 0.25) is 26.6 Å².